The Kier molecular flexibility index (Phi) is 5.61. The molecule has 0 fully saturated rings. The fourth-order valence-electron chi connectivity index (χ4n) is 2.73. The lowest BCUT2D eigenvalue weighted by Gasteiger charge is -2.11. The minimum absolute atomic E-state index is 0.310. The number of rotatable bonds is 6. The van der Waals surface area contributed by atoms with E-state index in [1.54, 1.807) is 31.7 Å². The maximum atomic E-state index is 12.0. The monoisotopic (exact) mass is 363 g/mol. The third kappa shape index (κ3) is 4.58. The van der Waals surface area contributed by atoms with E-state index in [1.165, 1.54) is 6.20 Å². The topological polar surface area (TPSA) is 81.4 Å². The molecule has 0 aliphatic heterocycles. The van der Waals surface area contributed by atoms with Crippen LogP contribution in [0.25, 0.3) is 0 Å². The van der Waals surface area contributed by atoms with Gasteiger partial charge in [0.1, 0.15) is 5.75 Å². The lowest BCUT2D eigenvalue weighted by Crippen LogP contribution is -2.17. The van der Waals surface area contributed by atoms with Crippen LogP contribution < -0.4 is 10.2 Å². The van der Waals surface area contributed by atoms with Crippen molar-refractivity contribution in [3.8, 4) is 5.75 Å². The molecule has 0 saturated carbocycles. The van der Waals surface area contributed by atoms with Crippen LogP contribution in [0.15, 0.2) is 53.9 Å². The van der Waals surface area contributed by atoms with Gasteiger partial charge in [0, 0.05) is 23.7 Å². The highest BCUT2D eigenvalue weighted by Crippen LogP contribution is 2.21. The first kappa shape index (κ1) is 18.3. The third-order valence-electron chi connectivity index (χ3n) is 4.03. The highest BCUT2D eigenvalue weighted by molar-refractivity contribution is 5.94. The molecule has 1 amide bonds. The SMILES string of the molecule is COc1ccc(C=NNC(=O)c2cccnc2)cc1Cn1nc(C)cc1C. The molecule has 0 spiro atoms. The van der Waals surface area contributed by atoms with Crippen LogP contribution in [0.3, 0.4) is 0 Å². The fraction of sp³-hybridized carbons (Fsp3) is 0.200. The Labute approximate surface area is 157 Å². The van der Waals surface area contributed by atoms with Crippen LogP contribution in [0.1, 0.15) is 32.9 Å². The van der Waals surface area contributed by atoms with Gasteiger partial charge in [0.15, 0.2) is 0 Å². The van der Waals surface area contributed by atoms with Gasteiger partial charge >= 0.3 is 0 Å². The molecule has 1 N–H and O–H groups in total. The summed E-state index contributed by atoms with van der Waals surface area (Å²) in [5.74, 6) is 0.467. The summed E-state index contributed by atoms with van der Waals surface area (Å²) in [4.78, 5) is 15.9. The van der Waals surface area contributed by atoms with Gasteiger partial charge in [-0.3, -0.25) is 14.5 Å². The molecule has 0 bridgehead atoms. The quantitative estimate of drug-likeness (QED) is 0.539. The standard InChI is InChI=1S/C20H21N5O2/c1-14-9-15(2)25(24-14)13-18-10-16(6-7-19(18)27-3)11-22-23-20(26)17-5-4-8-21-12-17/h4-12H,13H2,1-3H3,(H,23,26). The van der Waals surface area contributed by atoms with E-state index >= 15 is 0 Å². The number of hydrogen-bond acceptors (Lipinski definition) is 5. The number of hydrogen-bond donors (Lipinski definition) is 1. The zero-order valence-electron chi connectivity index (χ0n) is 15.5. The molecule has 27 heavy (non-hydrogen) atoms. The molecule has 7 heteroatoms. The summed E-state index contributed by atoms with van der Waals surface area (Å²) >= 11 is 0. The molecule has 1 aromatic carbocycles. The predicted molar refractivity (Wildman–Crippen MR) is 103 cm³/mol. The van der Waals surface area contributed by atoms with Crippen molar-refractivity contribution in [2.75, 3.05) is 7.11 Å². The summed E-state index contributed by atoms with van der Waals surface area (Å²) in [7, 11) is 1.64. The molecule has 0 unspecified atom stereocenters. The second-order valence-corrected chi connectivity index (χ2v) is 6.10. The van der Waals surface area contributed by atoms with Gasteiger partial charge < -0.3 is 4.74 Å². The van der Waals surface area contributed by atoms with E-state index in [0.717, 1.165) is 28.3 Å². The molecule has 0 radical (unpaired) electrons. The van der Waals surface area contributed by atoms with Crippen LogP contribution >= 0.6 is 0 Å². The Hall–Kier alpha value is -3.48. The van der Waals surface area contributed by atoms with Crippen molar-refractivity contribution in [3.63, 3.8) is 0 Å². The smallest absolute Gasteiger partial charge is 0.272 e. The first-order valence-electron chi connectivity index (χ1n) is 8.48. The maximum Gasteiger partial charge on any atom is 0.272 e. The number of ether oxygens (including phenoxy) is 1. The van der Waals surface area contributed by atoms with Gasteiger partial charge in [-0.15, -0.1) is 0 Å². The summed E-state index contributed by atoms with van der Waals surface area (Å²) in [6.45, 7) is 4.58. The van der Waals surface area contributed by atoms with Crippen LogP contribution in [0, 0.1) is 13.8 Å². The average molecular weight is 363 g/mol. The zero-order chi connectivity index (χ0) is 19.2. The molecule has 0 saturated heterocycles. The van der Waals surface area contributed by atoms with E-state index in [2.05, 4.69) is 20.6 Å². The minimum atomic E-state index is -0.310. The maximum absolute atomic E-state index is 12.0. The van der Waals surface area contributed by atoms with Crippen molar-refractivity contribution < 1.29 is 9.53 Å². The first-order chi connectivity index (χ1) is 13.1. The average Bonchev–Trinajstić information content (AvgIpc) is 2.99. The number of carbonyl (C=O) groups excluding carboxylic acids is 1. The van der Waals surface area contributed by atoms with Gasteiger partial charge in [-0.25, -0.2) is 5.43 Å². The molecule has 7 nitrogen and oxygen atoms in total. The first-order valence-corrected chi connectivity index (χ1v) is 8.48. The molecular formula is C20H21N5O2. The second kappa shape index (κ2) is 8.27. The molecule has 2 heterocycles. The number of aromatic nitrogens is 3. The van der Waals surface area contributed by atoms with E-state index in [1.807, 2.05) is 42.8 Å². The van der Waals surface area contributed by atoms with E-state index in [4.69, 9.17) is 4.74 Å². The predicted octanol–water partition coefficient (Wildman–Crippen LogP) is 2.72. The van der Waals surface area contributed by atoms with E-state index in [0.29, 0.717) is 12.1 Å². The van der Waals surface area contributed by atoms with Crippen molar-refractivity contribution >= 4 is 12.1 Å². The molecule has 138 valence electrons. The number of hydrazone groups is 1. The van der Waals surface area contributed by atoms with Crippen molar-refractivity contribution in [1.29, 1.82) is 0 Å². The van der Waals surface area contributed by atoms with Crippen LogP contribution in [0.4, 0.5) is 0 Å². The van der Waals surface area contributed by atoms with Crippen LogP contribution in [-0.2, 0) is 6.54 Å². The number of aryl methyl sites for hydroxylation is 2. The van der Waals surface area contributed by atoms with E-state index < -0.39 is 0 Å². The summed E-state index contributed by atoms with van der Waals surface area (Å²) < 4.78 is 7.39. The molecule has 0 atom stereocenters. The van der Waals surface area contributed by atoms with Gasteiger partial charge in [-0.1, -0.05) is 0 Å². The van der Waals surface area contributed by atoms with Crippen LogP contribution in [0.5, 0.6) is 5.75 Å². The third-order valence-corrected chi connectivity index (χ3v) is 4.03. The van der Waals surface area contributed by atoms with Gasteiger partial charge in [-0.05, 0) is 55.8 Å². The van der Waals surface area contributed by atoms with E-state index in [9.17, 15) is 4.79 Å². The van der Waals surface area contributed by atoms with Crippen LogP contribution in [-0.4, -0.2) is 34.0 Å². The number of nitrogens with one attached hydrogen (secondary N) is 1. The van der Waals surface area contributed by atoms with Crippen molar-refractivity contribution in [2.24, 2.45) is 5.10 Å². The number of nitrogens with zero attached hydrogens (tertiary/aromatic N) is 4. The molecule has 2 aromatic heterocycles. The molecular weight excluding hydrogens is 342 g/mol. The number of pyridine rings is 1. The Morgan fingerprint density at radius 2 is 2.15 bits per heavy atom. The molecule has 0 aliphatic carbocycles. The van der Waals surface area contributed by atoms with Crippen LogP contribution in [0.2, 0.25) is 0 Å². The summed E-state index contributed by atoms with van der Waals surface area (Å²) in [5.41, 5.74) is 6.83. The van der Waals surface area contributed by atoms with Gasteiger partial charge in [0.05, 0.1) is 31.1 Å². The summed E-state index contributed by atoms with van der Waals surface area (Å²) in [5, 5.41) is 8.52. The lowest BCUT2D eigenvalue weighted by molar-refractivity contribution is 0.0955. The molecule has 3 aromatic rings. The van der Waals surface area contributed by atoms with Crippen molar-refractivity contribution in [2.45, 2.75) is 20.4 Å². The summed E-state index contributed by atoms with van der Waals surface area (Å²) in [6.07, 6.45) is 4.70. The molecule has 0 aliphatic rings. The fourth-order valence-corrected chi connectivity index (χ4v) is 2.73. The second-order valence-electron chi connectivity index (χ2n) is 6.10. The van der Waals surface area contributed by atoms with Crippen molar-refractivity contribution in [3.05, 3.63) is 76.9 Å². The number of carbonyl (C=O) groups is 1. The lowest BCUT2D eigenvalue weighted by atomic mass is 10.1. The zero-order valence-corrected chi connectivity index (χ0v) is 15.5. The highest BCUT2D eigenvalue weighted by atomic mass is 16.5. The van der Waals surface area contributed by atoms with Gasteiger partial charge in [0.2, 0.25) is 0 Å². The Balaban J connectivity index is 1.74. The number of amides is 1. The Morgan fingerprint density at radius 1 is 1.30 bits per heavy atom. The normalized spacial score (nSPS) is 10.9. The largest absolute Gasteiger partial charge is 0.496 e. The Morgan fingerprint density at radius 3 is 2.81 bits per heavy atom. The summed E-state index contributed by atoms with van der Waals surface area (Å²) in [6, 6.07) is 11.1. The number of methoxy groups -OCH3 is 1. The minimum Gasteiger partial charge on any atom is -0.496 e. The van der Waals surface area contributed by atoms with Gasteiger partial charge in [0.25, 0.3) is 5.91 Å². The van der Waals surface area contributed by atoms with Gasteiger partial charge in [-0.2, -0.15) is 10.2 Å². The molecule has 3 rings (SSSR count). The Bertz CT molecular complexity index is 964. The highest BCUT2D eigenvalue weighted by Gasteiger charge is 2.08. The van der Waals surface area contributed by atoms with Crippen molar-refractivity contribution in [1.82, 2.24) is 20.2 Å². The number of benzene rings is 1. The van der Waals surface area contributed by atoms with E-state index in [-0.39, 0.29) is 5.91 Å².